The number of para-hydroxylation sites is 1. The highest BCUT2D eigenvalue weighted by Gasteiger charge is 2.28. The quantitative estimate of drug-likeness (QED) is 0.602. The van der Waals surface area contributed by atoms with E-state index in [-0.39, 0.29) is 5.76 Å². The van der Waals surface area contributed by atoms with Gasteiger partial charge < -0.3 is 19.2 Å². The lowest BCUT2D eigenvalue weighted by molar-refractivity contribution is 0.0937. The Morgan fingerprint density at radius 1 is 1.16 bits per heavy atom. The normalized spacial score (nSPS) is 12.8. The second-order valence-electron chi connectivity index (χ2n) is 7.03. The first-order chi connectivity index (χ1) is 15.0. The summed E-state index contributed by atoms with van der Waals surface area (Å²) in [6.07, 6.45) is 2.66. The van der Waals surface area contributed by atoms with Gasteiger partial charge in [0.25, 0.3) is 11.8 Å². The van der Waals surface area contributed by atoms with Crippen molar-refractivity contribution < 1.29 is 28.3 Å². The van der Waals surface area contributed by atoms with Crippen LogP contribution in [0.3, 0.4) is 0 Å². The van der Waals surface area contributed by atoms with Crippen LogP contribution >= 0.6 is 11.3 Å². The van der Waals surface area contributed by atoms with Crippen LogP contribution in [0.4, 0.5) is 9.80 Å². The van der Waals surface area contributed by atoms with E-state index in [1.165, 1.54) is 18.4 Å². The highest BCUT2D eigenvalue weighted by Crippen LogP contribution is 2.38. The molecular weight excluding hydrogens is 420 g/mol. The maximum atomic E-state index is 13.0. The molecule has 1 aromatic carbocycles. The number of furan rings is 1. The van der Waals surface area contributed by atoms with Gasteiger partial charge in [-0.05, 0) is 50.3 Å². The summed E-state index contributed by atoms with van der Waals surface area (Å²) in [5.41, 5.74) is 1.67. The van der Waals surface area contributed by atoms with Crippen LogP contribution in [0.5, 0.6) is 5.75 Å². The smallest absolute Gasteiger partial charge is 0.413 e. The number of methoxy groups -OCH3 is 1. The number of carbonyl (C=O) groups excluding carboxylic acids is 3. The number of nitrogens with one attached hydrogen (secondary N) is 2. The summed E-state index contributed by atoms with van der Waals surface area (Å²) in [7, 11) is 1.19. The average Bonchev–Trinajstić information content (AvgIpc) is 3.35. The molecule has 8 nitrogen and oxygen atoms in total. The lowest BCUT2D eigenvalue weighted by Gasteiger charge is -2.12. The molecule has 0 aliphatic heterocycles. The molecule has 2 aromatic heterocycles. The van der Waals surface area contributed by atoms with E-state index < -0.39 is 17.9 Å². The van der Waals surface area contributed by atoms with Crippen molar-refractivity contribution in [3.05, 3.63) is 46.0 Å². The van der Waals surface area contributed by atoms with Crippen LogP contribution in [0.2, 0.25) is 0 Å². The maximum absolute atomic E-state index is 13.0. The van der Waals surface area contributed by atoms with E-state index in [2.05, 4.69) is 15.4 Å². The summed E-state index contributed by atoms with van der Waals surface area (Å²) in [5, 5.41) is 6.13. The number of aryl methyl sites for hydroxylation is 1. The molecule has 0 radical (unpaired) electrons. The minimum atomic E-state index is -0.848. The van der Waals surface area contributed by atoms with Crippen molar-refractivity contribution in [3.8, 4) is 5.75 Å². The number of benzene rings is 1. The molecule has 3 aromatic rings. The minimum Gasteiger partial charge on any atom is -0.490 e. The van der Waals surface area contributed by atoms with Gasteiger partial charge in [-0.15, -0.1) is 11.3 Å². The molecule has 2 N–H and O–H groups in total. The monoisotopic (exact) mass is 442 g/mol. The van der Waals surface area contributed by atoms with Gasteiger partial charge >= 0.3 is 6.09 Å². The SMILES string of the molecule is CCOc1cccc2cc(C(=O)Nc3sc4c(c3C(=O)NC(=O)OC)CCCC4)oc12. The molecule has 31 heavy (non-hydrogen) atoms. The van der Waals surface area contributed by atoms with Gasteiger partial charge in [0.15, 0.2) is 17.1 Å². The lowest BCUT2D eigenvalue weighted by Crippen LogP contribution is -2.31. The molecule has 162 valence electrons. The molecule has 1 aliphatic carbocycles. The number of amides is 3. The topological polar surface area (TPSA) is 107 Å². The number of carbonyl (C=O) groups is 3. The lowest BCUT2D eigenvalue weighted by atomic mass is 9.95. The summed E-state index contributed by atoms with van der Waals surface area (Å²) < 4.78 is 15.9. The average molecular weight is 442 g/mol. The fourth-order valence-corrected chi connectivity index (χ4v) is 4.96. The first kappa shape index (κ1) is 20.9. The molecule has 0 atom stereocenters. The molecule has 9 heteroatoms. The number of thiophene rings is 1. The Morgan fingerprint density at radius 3 is 2.74 bits per heavy atom. The largest absolute Gasteiger partial charge is 0.490 e. The maximum Gasteiger partial charge on any atom is 0.413 e. The van der Waals surface area contributed by atoms with Crippen molar-refractivity contribution in [1.82, 2.24) is 5.32 Å². The summed E-state index contributed by atoms with van der Waals surface area (Å²) in [5.74, 6) is -0.411. The fourth-order valence-electron chi connectivity index (χ4n) is 3.68. The Morgan fingerprint density at radius 2 is 1.97 bits per heavy atom. The Balaban J connectivity index is 1.66. The third-order valence-corrected chi connectivity index (χ3v) is 6.27. The van der Waals surface area contributed by atoms with Crippen LogP contribution in [-0.2, 0) is 17.6 Å². The molecule has 4 rings (SSSR count). The second-order valence-corrected chi connectivity index (χ2v) is 8.14. The number of anilines is 1. The van der Waals surface area contributed by atoms with Crippen molar-refractivity contribution in [2.24, 2.45) is 0 Å². The van der Waals surface area contributed by atoms with Crippen LogP contribution in [0, 0.1) is 0 Å². The number of alkyl carbamates (subject to hydrolysis) is 1. The van der Waals surface area contributed by atoms with Crippen molar-refractivity contribution in [2.75, 3.05) is 19.0 Å². The van der Waals surface area contributed by atoms with Gasteiger partial charge in [0.1, 0.15) is 5.00 Å². The van der Waals surface area contributed by atoms with Crippen molar-refractivity contribution in [3.63, 3.8) is 0 Å². The van der Waals surface area contributed by atoms with Crippen LogP contribution in [-0.4, -0.2) is 31.6 Å². The fraction of sp³-hybridized carbons (Fsp3) is 0.318. The first-order valence-corrected chi connectivity index (χ1v) is 10.8. The minimum absolute atomic E-state index is 0.104. The van der Waals surface area contributed by atoms with Crippen molar-refractivity contribution in [1.29, 1.82) is 0 Å². The van der Waals surface area contributed by atoms with Gasteiger partial charge in [-0.25, -0.2) is 4.79 Å². The zero-order valence-corrected chi connectivity index (χ0v) is 18.0. The van der Waals surface area contributed by atoms with Crippen LogP contribution in [0.1, 0.15) is 51.1 Å². The number of hydrogen-bond donors (Lipinski definition) is 2. The Labute approximate surface area is 182 Å². The van der Waals surface area contributed by atoms with E-state index in [1.807, 2.05) is 19.1 Å². The summed E-state index contributed by atoms with van der Waals surface area (Å²) in [4.78, 5) is 38.3. The number of rotatable bonds is 5. The third kappa shape index (κ3) is 4.13. The first-order valence-electron chi connectivity index (χ1n) is 10.0. The van der Waals surface area contributed by atoms with E-state index in [9.17, 15) is 14.4 Å². The summed E-state index contributed by atoms with van der Waals surface area (Å²) in [6, 6.07) is 7.07. The van der Waals surface area contributed by atoms with E-state index in [4.69, 9.17) is 9.15 Å². The van der Waals surface area contributed by atoms with Gasteiger partial charge in [0, 0.05) is 10.3 Å². The molecule has 0 fully saturated rings. The van der Waals surface area contributed by atoms with E-state index in [1.54, 1.807) is 12.1 Å². The number of ether oxygens (including phenoxy) is 2. The van der Waals surface area contributed by atoms with Gasteiger partial charge in [-0.2, -0.15) is 0 Å². The molecular formula is C22H22N2O6S. The van der Waals surface area contributed by atoms with Gasteiger partial charge in [0.05, 0.1) is 19.3 Å². The number of hydrogen-bond acceptors (Lipinski definition) is 7. The molecule has 0 bridgehead atoms. The van der Waals surface area contributed by atoms with Crippen LogP contribution < -0.4 is 15.4 Å². The Kier molecular flexibility index (Phi) is 5.94. The standard InChI is InChI=1S/C22H22N2O6S/c1-3-29-14-9-6-7-12-11-15(30-18(12)14)19(25)23-21-17(20(26)24-22(27)28-2)13-8-4-5-10-16(13)31-21/h6-7,9,11H,3-5,8,10H2,1-2H3,(H,23,25)(H,24,26,27). The second kappa shape index (κ2) is 8.81. The molecule has 2 heterocycles. The van der Waals surface area contributed by atoms with Crippen LogP contribution in [0.15, 0.2) is 28.7 Å². The molecule has 0 spiro atoms. The molecule has 3 amide bonds. The highest BCUT2D eigenvalue weighted by molar-refractivity contribution is 7.17. The van der Waals surface area contributed by atoms with Gasteiger partial charge in [-0.3, -0.25) is 14.9 Å². The Hall–Kier alpha value is -3.33. The third-order valence-electron chi connectivity index (χ3n) is 5.06. The zero-order chi connectivity index (χ0) is 22.0. The number of fused-ring (bicyclic) bond motifs is 2. The van der Waals surface area contributed by atoms with Crippen LogP contribution in [0.25, 0.3) is 11.0 Å². The summed E-state index contributed by atoms with van der Waals surface area (Å²) in [6.45, 7) is 2.34. The van der Waals surface area contributed by atoms with E-state index >= 15 is 0 Å². The highest BCUT2D eigenvalue weighted by atomic mass is 32.1. The van der Waals surface area contributed by atoms with Gasteiger partial charge in [-0.1, -0.05) is 12.1 Å². The van der Waals surface area contributed by atoms with Gasteiger partial charge in [0.2, 0.25) is 0 Å². The Bertz CT molecular complexity index is 1160. The van der Waals surface area contributed by atoms with Crippen molar-refractivity contribution >= 4 is 45.2 Å². The molecule has 1 aliphatic rings. The molecule has 0 unspecified atom stereocenters. The predicted molar refractivity (Wildman–Crippen MR) is 116 cm³/mol. The summed E-state index contributed by atoms with van der Waals surface area (Å²) >= 11 is 1.35. The molecule has 0 saturated carbocycles. The van der Waals surface area contributed by atoms with E-state index in [0.29, 0.717) is 34.9 Å². The number of imide groups is 1. The van der Waals surface area contributed by atoms with Crippen molar-refractivity contribution in [2.45, 2.75) is 32.6 Å². The zero-order valence-electron chi connectivity index (χ0n) is 17.2. The molecule has 0 saturated heterocycles. The van der Waals surface area contributed by atoms with E-state index in [0.717, 1.165) is 35.1 Å². The predicted octanol–water partition coefficient (Wildman–Crippen LogP) is 4.52.